The summed E-state index contributed by atoms with van der Waals surface area (Å²) in [5.74, 6) is 0.778. The Morgan fingerprint density at radius 2 is 1.92 bits per heavy atom. The fraction of sp³-hybridized carbons (Fsp3) is 0.389. The third-order valence-electron chi connectivity index (χ3n) is 4.49. The normalized spacial score (nSPS) is 14.2. The lowest BCUT2D eigenvalue weighted by Gasteiger charge is -2.20. The van der Waals surface area contributed by atoms with Gasteiger partial charge in [-0.25, -0.2) is 8.42 Å². The fourth-order valence-electron chi connectivity index (χ4n) is 3.14. The number of carbonyl (C=O) groups excluding carboxylic acids is 1. The van der Waals surface area contributed by atoms with E-state index in [1.54, 1.807) is 42.2 Å². The highest BCUT2D eigenvalue weighted by molar-refractivity contribution is 7.89. The van der Waals surface area contributed by atoms with E-state index in [0.29, 0.717) is 37.6 Å². The van der Waals surface area contributed by atoms with Crippen molar-refractivity contribution in [2.24, 2.45) is 0 Å². The SMILES string of the molecule is CCN(CC)S(=O)(=O)c1ccc2c(c1)CCN2C(=O)c1ccc(C)o1. The van der Waals surface area contributed by atoms with Crippen molar-refractivity contribution in [3.63, 3.8) is 0 Å². The van der Waals surface area contributed by atoms with E-state index < -0.39 is 10.0 Å². The molecule has 7 heteroatoms. The van der Waals surface area contributed by atoms with Gasteiger partial charge in [-0.2, -0.15) is 4.31 Å². The second-order valence-electron chi connectivity index (χ2n) is 6.00. The molecule has 2 aromatic rings. The lowest BCUT2D eigenvalue weighted by molar-refractivity contribution is 0.0961. The van der Waals surface area contributed by atoms with E-state index in [4.69, 9.17) is 4.42 Å². The summed E-state index contributed by atoms with van der Waals surface area (Å²) < 4.78 is 32.2. The number of sulfonamides is 1. The second-order valence-corrected chi connectivity index (χ2v) is 7.93. The van der Waals surface area contributed by atoms with E-state index in [1.807, 2.05) is 13.8 Å². The Kier molecular flexibility index (Phi) is 4.71. The number of aryl methyl sites for hydroxylation is 1. The summed E-state index contributed by atoms with van der Waals surface area (Å²) in [4.78, 5) is 14.5. The van der Waals surface area contributed by atoms with Crippen molar-refractivity contribution in [3.8, 4) is 0 Å². The molecule has 2 heterocycles. The van der Waals surface area contributed by atoms with Crippen LogP contribution in [0.2, 0.25) is 0 Å². The number of rotatable bonds is 5. The molecule has 0 spiro atoms. The van der Waals surface area contributed by atoms with Gasteiger partial charge in [-0.3, -0.25) is 4.79 Å². The van der Waals surface area contributed by atoms with Crippen molar-refractivity contribution >= 4 is 21.6 Å². The van der Waals surface area contributed by atoms with Gasteiger partial charge in [0, 0.05) is 25.3 Å². The zero-order valence-electron chi connectivity index (χ0n) is 14.7. The first kappa shape index (κ1) is 17.7. The van der Waals surface area contributed by atoms with E-state index in [1.165, 1.54) is 4.31 Å². The zero-order valence-corrected chi connectivity index (χ0v) is 15.5. The van der Waals surface area contributed by atoms with Crippen LogP contribution in [0.3, 0.4) is 0 Å². The maximum absolute atomic E-state index is 12.7. The molecule has 0 saturated heterocycles. The van der Waals surface area contributed by atoms with Gasteiger partial charge in [-0.15, -0.1) is 0 Å². The van der Waals surface area contributed by atoms with Crippen LogP contribution in [-0.4, -0.2) is 38.3 Å². The molecule has 0 unspecified atom stereocenters. The van der Waals surface area contributed by atoms with Gasteiger partial charge in [0.2, 0.25) is 10.0 Å². The van der Waals surface area contributed by atoms with Crippen molar-refractivity contribution in [2.45, 2.75) is 32.1 Å². The van der Waals surface area contributed by atoms with E-state index in [-0.39, 0.29) is 10.8 Å². The third kappa shape index (κ3) is 3.09. The summed E-state index contributed by atoms with van der Waals surface area (Å²) in [5, 5.41) is 0. The molecule has 1 aromatic heterocycles. The van der Waals surface area contributed by atoms with Gasteiger partial charge in [-0.1, -0.05) is 13.8 Å². The monoisotopic (exact) mass is 362 g/mol. The number of benzene rings is 1. The number of amides is 1. The van der Waals surface area contributed by atoms with Crippen LogP contribution in [-0.2, 0) is 16.4 Å². The van der Waals surface area contributed by atoms with Crippen LogP contribution in [0.5, 0.6) is 0 Å². The first-order valence-electron chi connectivity index (χ1n) is 8.39. The second kappa shape index (κ2) is 6.65. The van der Waals surface area contributed by atoms with Crippen LogP contribution in [0.1, 0.15) is 35.7 Å². The van der Waals surface area contributed by atoms with Gasteiger partial charge in [0.25, 0.3) is 5.91 Å². The van der Waals surface area contributed by atoms with Gasteiger partial charge in [0.15, 0.2) is 5.76 Å². The molecule has 0 N–H and O–H groups in total. The van der Waals surface area contributed by atoms with Crippen LogP contribution < -0.4 is 4.90 Å². The molecule has 0 fully saturated rings. The van der Waals surface area contributed by atoms with E-state index in [9.17, 15) is 13.2 Å². The van der Waals surface area contributed by atoms with Crippen LogP contribution >= 0.6 is 0 Å². The van der Waals surface area contributed by atoms with Crippen molar-refractivity contribution in [3.05, 3.63) is 47.4 Å². The molecule has 0 aliphatic carbocycles. The van der Waals surface area contributed by atoms with Crippen LogP contribution in [0, 0.1) is 6.92 Å². The number of furan rings is 1. The molecule has 1 amide bonds. The largest absolute Gasteiger partial charge is 0.456 e. The summed E-state index contributed by atoms with van der Waals surface area (Å²) in [6, 6.07) is 8.39. The standard InChI is InChI=1S/C18H22N2O4S/c1-4-19(5-2)25(22,23)15-7-8-16-14(12-15)10-11-20(16)18(21)17-9-6-13(3)24-17/h6-9,12H,4-5,10-11H2,1-3H3. The number of anilines is 1. The van der Waals surface area contributed by atoms with E-state index in [0.717, 1.165) is 11.3 Å². The smallest absolute Gasteiger partial charge is 0.293 e. The Morgan fingerprint density at radius 3 is 2.52 bits per heavy atom. The number of hydrogen-bond acceptors (Lipinski definition) is 4. The van der Waals surface area contributed by atoms with Crippen LogP contribution in [0.25, 0.3) is 0 Å². The number of nitrogens with zero attached hydrogens (tertiary/aromatic N) is 2. The van der Waals surface area contributed by atoms with Crippen molar-refractivity contribution in [1.29, 1.82) is 0 Å². The molecule has 1 aliphatic rings. The molecule has 25 heavy (non-hydrogen) atoms. The summed E-state index contributed by atoms with van der Waals surface area (Å²) in [6.07, 6.45) is 0.627. The predicted molar refractivity (Wildman–Crippen MR) is 95.4 cm³/mol. The predicted octanol–water partition coefficient (Wildman–Crippen LogP) is 2.82. The fourth-order valence-corrected chi connectivity index (χ4v) is 4.65. The summed E-state index contributed by atoms with van der Waals surface area (Å²) in [6.45, 7) is 6.80. The van der Waals surface area contributed by atoms with Gasteiger partial charge in [0.05, 0.1) is 4.90 Å². The van der Waals surface area contributed by atoms with Crippen LogP contribution in [0.15, 0.2) is 39.6 Å². The maximum atomic E-state index is 12.7. The zero-order chi connectivity index (χ0) is 18.2. The average molecular weight is 362 g/mol. The number of carbonyl (C=O) groups is 1. The molecule has 6 nitrogen and oxygen atoms in total. The lowest BCUT2D eigenvalue weighted by Crippen LogP contribution is -2.30. The molecule has 0 radical (unpaired) electrons. The molecule has 1 aliphatic heterocycles. The number of fused-ring (bicyclic) bond motifs is 1. The first-order valence-corrected chi connectivity index (χ1v) is 9.83. The molecular weight excluding hydrogens is 340 g/mol. The Labute approximate surface area is 148 Å². The number of hydrogen-bond donors (Lipinski definition) is 0. The molecule has 0 atom stereocenters. The highest BCUT2D eigenvalue weighted by atomic mass is 32.2. The minimum Gasteiger partial charge on any atom is -0.456 e. The van der Waals surface area contributed by atoms with Crippen molar-refractivity contribution < 1.29 is 17.6 Å². The van der Waals surface area contributed by atoms with Gasteiger partial charge >= 0.3 is 0 Å². The summed E-state index contributed by atoms with van der Waals surface area (Å²) in [5.41, 5.74) is 1.61. The highest BCUT2D eigenvalue weighted by Crippen LogP contribution is 2.32. The maximum Gasteiger partial charge on any atom is 0.293 e. The molecule has 1 aromatic carbocycles. The van der Waals surface area contributed by atoms with E-state index >= 15 is 0 Å². The van der Waals surface area contributed by atoms with Gasteiger partial charge in [0.1, 0.15) is 5.76 Å². The molecule has 0 saturated carbocycles. The third-order valence-corrected chi connectivity index (χ3v) is 6.53. The summed E-state index contributed by atoms with van der Waals surface area (Å²) in [7, 11) is -3.50. The Bertz CT molecular complexity index is 898. The first-order chi connectivity index (χ1) is 11.9. The van der Waals surface area contributed by atoms with Crippen molar-refractivity contribution in [2.75, 3.05) is 24.5 Å². The minimum atomic E-state index is -3.50. The van der Waals surface area contributed by atoms with Gasteiger partial charge in [-0.05, 0) is 49.2 Å². The molecule has 134 valence electrons. The van der Waals surface area contributed by atoms with Crippen molar-refractivity contribution in [1.82, 2.24) is 4.31 Å². The average Bonchev–Trinajstić information content (AvgIpc) is 3.20. The van der Waals surface area contributed by atoms with Gasteiger partial charge < -0.3 is 9.32 Å². The summed E-state index contributed by atoms with van der Waals surface area (Å²) >= 11 is 0. The highest BCUT2D eigenvalue weighted by Gasteiger charge is 2.30. The quantitative estimate of drug-likeness (QED) is 0.820. The Morgan fingerprint density at radius 1 is 1.20 bits per heavy atom. The molecule has 3 rings (SSSR count). The minimum absolute atomic E-state index is 0.203. The Hall–Kier alpha value is -2.12. The van der Waals surface area contributed by atoms with E-state index in [2.05, 4.69) is 0 Å². The molecule has 0 bridgehead atoms. The topological polar surface area (TPSA) is 70.8 Å². The molecular formula is C18H22N2O4S. The Balaban J connectivity index is 1.92. The van der Waals surface area contributed by atoms with Crippen LogP contribution in [0.4, 0.5) is 5.69 Å². The lowest BCUT2D eigenvalue weighted by atomic mass is 10.2.